The highest BCUT2D eigenvalue weighted by molar-refractivity contribution is 5.76. The molecule has 0 spiro atoms. The van der Waals surface area contributed by atoms with Gasteiger partial charge < -0.3 is 20.3 Å². The molecule has 0 aliphatic heterocycles. The first-order valence-electron chi connectivity index (χ1n) is 22.6. The van der Waals surface area contributed by atoms with E-state index in [1.54, 1.807) is 0 Å². The number of rotatable bonds is 41. The maximum Gasteiger partial charge on any atom is 0.305 e. The van der Waals surface area contributed by atoms with Crippen LogP contribution < -0.4 is 5.32 Å². The first-order chi connectivity index (χ1) is 25.5. The third-order valence-electron chi connectivity index (χ3n) is 10.2. The lowest BCUT2D eigenvalue weighted by Crippen LogP contribution is -2.45. The average molecular weight is 734 g/mol. The fourth-order valence-electron chi connectivity index (χ4n) is 6.68. The van der Waals surface area contributed by atoms with E-state index in [0.29, 0.717) is 25.9 Å². The first kappa shape index (κ1) is 50.3. The van der Waals surface area contributed by atoms with Crippen LogP contribution in [0.4, 0.5) is 0 Å². The smallest absolute Gasteiger partial charge is 0.305 e. The predicted molar refractivity (Wildman–Crippen MR) is 223 cm³/mol. The number of carbonyl (C=O) groups is 2. The predicted octanol–water partition coefficient (Wildman–Crippen LogP) is 12.8. The molecule has 306 valence electrons. The van der Waals surface area contributed by atoms with Gasteiger partial charge in [-0.2, -0.15) is 0 Å². The van der Waals surface area contributed by atoms with Gasteiger partial charge in [-0.3, -0.25) is 9.59 Å². The standard InChI is InChI=1S/C46H87NO5/c1-3-5-7-9-11-13-15-18-22-26-30-34-38-44(49)43(42-48)47-45(50)39-35-31-27-23-19-17-21-25-29-33-37-41-52-46(51)40-36-32-28-24-20-16-14-12-10-8-6-4-2/h12,14,21,25,43-44,48-49H,3-11,13,15-20,22-24,26-42H2,1-2H3,(H,47,50)/b14-12-,25-21-. The van der Waals surface area contributed by atoms with Crippen molar-refractivity contribution in [3.63, 3.8) is 0 Å². The van der Waals surface area contributed by atoms with Crippen LogP contribution in [0.3, 0.4) is 0 Å². The molecule has 0 aromatic carbocycles. The molecule has 0 heterocycles. The SMILES string of the molecule is CCCCC/C=C\CCCCCCCC(=O)OCCCC/C=C\CCCCCCCC(=O)NC(CO)C(O)CCCCCCCCCCCCCC. The number of allylic oxidation sites excluding steroid dienone is 4. The van der Waals surface area contributed by atoms with Crippen molar-refractivity contribution < 1.29 is 24.5 Å². The van der Waals surface area contributed by atoms with Gasteiger partial charge in [0.15, 0.2) is 0 Å². The van der Waals surface area contributed by atoms with Crippen molar-refractivity contribution in [2.45, 2.75) is 244 Å². The number of amides is 1. The van der Waals surface area contributed by atoms with Crippen molar-refractivity contribution >= 4 is 11.9 Å². The van der Waals surface area contributed by atoms with Crippen LogP contribution in [0.5, 0.6) is 0 Å². The first-order valence-corrected chi connectivity index (χ1v) is 22.6. The number of unbranched alkanes of at least 4 members (excludes halogenated alkanes) is 26. The molecule has 0 radical (unpaired) electrons. The van der Waals surface area contributed by atoms with Crippen LogP contribution in [0.25, 0.3) is 0 Å². The van der Waals surface area contributed by atoms with Gasteiger partial charge in [0.2, 0.25) is 5.91 Å². The summed E-state index contributed by atoms with van der Waals surface area (Å²) in [6, 6.07) is -0.561. The second kappa shape index (κ2) is 42.1. The van der Waals surface area contributed by atoms with Crippen molar-refractivity contribution in [1.29, 1.82) is 0 Å². The van der Waals surface area contributed by atoms with Crippen LogP contribution in [0.15, 0.2) is 24.3 Å². The minimum Gasteiger partial charge on any atom is -0.466 e. The van der Waals surface area contributed by atoms with E-state index in [9.17, 15) is 19.8 Å². The molecule has 0 aliphatic carbocycles. The number of esters is 1. The minimum atomic E-state index is -0.681. The molecule has 0 rings (SSSR count). The van der Waals surface area contributed by atoms with Crippen LogP contribution in [-0.2, 0) is 14.3 Å². The Morgan fingerprint density at radius 2 is 0.904 bits per heavy atom. The summed E-state index contributed by atoms with van der Waals surface area (Å²) in [4.78, 5) is 24.3. The summed E-state index contributed by atoms with van der Waals surface area (Å²) in [6.07, 6.45) is 47.0. The number of hydrogen-bond donors (Lipinski definition) is 3. The van der Waals surface area contributed by atoms with Gasteiger partial charge in [0.05, 0.1) is 25.4 Å². The van der Waals surface area contributed by atoms with Gasteiger partial charge in [-0.25, -0.2) is 0 Å². The third-order valence-corrected chi connectivity index (χ3v) is 10.2. The number of carbonyl (C=O) groups excluding carboxylic acids is 2. The fourth-order valence-corrected chi connectivity index (χ4v) is 6.68. The summed E-state index contributed by atoms with van der Waals surface area (Å²) in [5, 5.41) is 23.1. The molecule has 3 N–H and O–H groups in total. The summed E-state index contributed by atoms with van der Waals surface area (Å²) in [6.45, 7) is 4.83. The average Bonchev–Trinajstić information content (AvgIpc) is 3.14. The molecule has 0 saturated carbocycles. The minimum absolute atomic E-state index is 0.0421. The zero-order valence-corrected chi connectivity index (χ0v) is 34.5. The lowest BCUT2D eigenvalue weighted by molar-refractivity contribution is -0.143. The zero-order chi connectivity index (χ0) is 38.0. The van der Waals surface area contributed by atoms with Crippen LogP contribution in [0.2, 0.25) is 0 Å². The largest absolute Gasteiger partial charge is 0.466 e. The van der Waals surface area contributed by atoms with Crippen LogP contribution in [0, 0.1) is 0 Å². The Kier molecular flexibility index (Phi) is 40.7. The van der Waals surface area contributed by atoms with E-state index in [-0.39, 0.29) is 18.5 Å². The molecular formula is C46H87NO5. The summed E-state index contributed by atoms with van der Waals surface area (Å²) in [5.41, 5.74) is 0. The number of hydrogen-bond acceptors (Lipinski definition) is 5. The number of aliphatic hydroxyl groups excluding tert-OH is 2. The zero-order valence-electron chi connectivity index (χ0n) is 34.5. The van der Waals surface area contributed by atoms with Gasteiger partial charge in [0, 0.05) is 12.8 Å². The second-order valence-electron chi connectivity index (χ2n) is 15.4. The van der Waals surface area contributed by atoms with E-state index < -0.39 is 12.1 Å². The summed E-state index contributed by atoms with van der Waals surface area (Å²) in [7, 11) is 0. The lowest BCUT2D eigenvalue weighted by atomic mass is 10.0. The molecule has 52 heavy (non-hydrogen) atoms. The van der Waals surface area contributed by atoms with Gasteiger partial charge in [-0.15, -0.1) is 0 Å². The monoisotopic (exact) mass is 734 g/mol. The van der Waals surface area contributed by atoms with Crippen molar-refractivity contribution in [2.75, 3.05) is 13.2 Å². The molecule has 2 atom stereocenters. The second-order valence-corrected chi connectivity index (χ2v) is 15.4. The van der Waals surface area contributed by atoms with Crippen LogP contribution >= 0.6 is 0 Å². The maximum atomic E-state index is 12.4. The van der Waals surface area contributed by atoms with E-state index in [0.717, 1.165) is 83.5 Å². The van der Waals surface area contributed by atoms with Crippen molar-refractivity contribution in [1.82, 2.24) is 5.32 Å². The Balaban J connectivity index is 3.54. The highest BCUT2D eigenvalue weighted by Crippen LogP contribution is 2.15. The van der Waals surface area contributed by atoms with E-state index in [1.807, 2.05) is 0 Å². The topological polar surface area (TPSA) is 95.9 Å². The Labute approximate surface area is 322 Å². The highest BCUT2D eigenvalue weighted by Gasteiger charge is 2.20. The van der Waals surface area contributed by atoms with E-state index in [4.69, 9.17) is 4.74 Å². The van der Waals surface area contributed by atoms with Crippen LogP contribution in [0.1, 0.15) is 232 Å². The molecule has 0 saturated heterocycles. The summed E-state index contributed by atoms with van der Waals surface area (Å²) in [5.74, 6) is -0.108. The number of aliphatic hydroxyl groups is 2. The van der Waals surface area contributed by atoms with E-state index in [2.05, 4.69) is 43.5 Å². The molecule has 2 unspecified atom stereocenters. The third kappa shape index (κ3) is 38.1. The quantitative estimate of drug-likeness (QED) is 0.0330. The van der Waals surface area contributed by atoms with Gasteiger partial charge in [-0.1, -0.05) is 167 Å². The molecular weight excluding hydrogens is 647 g/mol. The fraction of sp³-hybridized carbons (Fsp3) is 0.870. The molecule has 0 bridgehead atoms. The molecule has 0 aliphatic rings. The number of ether oxygens (including phenoxy) is 1. The van der Waals surface area contributed by atoms with E-state index >= 15 is 0 Å². The Hall–Kier alpha value is -1.66. The van der Waals surface area contributed by atoms with Crippen LogP contribution in [-0.4, -0.2) is 47.4 Å². The molecule has 1 amide bonds. The molecule has 0 aromatic rings. The van der Waals surface area contributed by atoms with Gasteiger partial charge in [0.1, 0.15) is 0 Å². The Morgan fingerprint density at radius 1 is 0.519 bits per heavy atom. The number of nitrogens with one attached hydrogen (secondary N) is 1. The van der Waals surface area contributed by atoms with Crippen molar-refractivity contribution in [3.8, 4) is 0 Å². The molecule has 6 nitrogen and oxygen atoms in total. The summed E-state index contributed by atoms with van der Waals surface area (Å²) < 4.78 is 5.41. The van der Waals surface area contributed by atoms with E-state index in [1.165, 1.54) is 116 Å². The maximum absolute atomic E-state index is 12.4. The van der Waals surface area contributed by atoms with Gasteiger partial charge >= 0.3 is 5.97 Å². The summed E-state index contributed by atoms with van der Waals surface area (Å²) >= 11 is 0. The highest BCUT2D eigenvalue weighted by atomic mass is 16.5. The van der Waals surface area contributed by atoms with Gasteiger partial charge in [0.25, 0.3) is 0 Å². The van der Waals surface area contributed by atoms with Gasteiger partial charge in [-0.05, 0) is 77.0 Å². The Bertz CT molecular complexity index is 813. The lowest BCUT2D eigenvalue weighted by Gasteiger charge is -2.22. The molecule has 0 aromatic heterocycles. The Morgan fingerprint density at radius 3 is 1.40 bits per heavy atom. The van der Waals surface area contributed by atoms with Crippen molar-refractivity contribution in [2.24, 2.45) is 0 Å². The van der Waals surface area contributed by atoms with Crippen molar-refractivity contribution in [3.05, 3.63) is 24.3 Å². The molecule has 6 heteroatoms. The molecule has 0 fully saturated rings. The normalized spacial score (nSPS) is 12.9.